The number of hydrogen-bond donors (Lipinski definition) is 3. The van der Waals surface area contributed by atoms with Gasteiger partial charge in [0.2, 0.25) is 0 Å². The predicted molar refractivity (Wildman–Crippen MR) is 44.1 cm³/mol. The number of amides is 1. The standard InChI is InChI=1S/C5H12N2O5S/c1-4(8)3-6-13(10,11)7-5(9)12-2/h4,6,8H,3H2,1-2H3,(H,7,9)/t4-/m1/s1. The molecular formula is C5H12N2O5S. The van der Waals surface area contributed by atoms with Crippen LogP contribution < -0.4 is 9.44 Å². The minimum absolute atomic E-state index is 0.174. The minimum Gasteiger partial charge on any atom is -0.452 e. The summed E-state index contributed by atoms with van der Waals surface area (Å²) in [7, 11) is -2.88. The highest BCUT2D eigenvalue weighted by Crippen LogP contribution is 1.82. The molecule has 78 valence electrons. The molecule has 0 rings (SSSR count). The van der Waals surface area contributed by atoms with Gasteiger partial charge in [0.05, 0.1) is 13.2 Å². The molecule has 0 aromatic rings. The molecule has 0 aromatic heterocycles. The highest BCUT2D eigenvalue weighted by molar-refractivity contribution is 7.88. The monoisotopic (exact) mass is 212 g/mol. The molecule has 0 bridgehead atoms. The third-order valence-corrected chi connectivity index (χ3v) is 1.95. The molecule has 0 radical (unpaired) electrons. The Bertz CT molecular complexity index is 260. The van der Waals surface area contributed by atoms with Gasteiger partial charge >= 0.3 is 16.3 Å². The Morgan fingerprint density at radius 1 is 1.62 bits per heavy atom. The van der Waals surface area contributed by atoms with Gasteiger partial charge in [0, 0.05) is 6.54 Å². The summed E-state index contributed by atoms with van der Waals surface area (Å²) in [5, 5.41) is 8.74. The summed E-state index contributed by atoms with van der Waals surface area (Å²) in [6.07, 6.45) is -1.91. The van der Waals surface area contributed by atoms with E-state index in [0.717, 1.165) is 7.11 Å². The van der Waals surface area contributed by atoms with Crippen LogP contribution in [0.4, 0.5) is 4.79 Å². The number of hydrogen-bond acceptors (Lipinski definition) is 5. The summed E-state index contributed by atoms with van der Waals surface area (Å²) in [6.45, 7) is 1.23. The molecule has 0 heterocycles. The predicted octanol–water partition coefficient (Wildman–Crippen LogP) is -1.44. The second-order valence-electron chi connectivity index (χ2n) is 2.29. The van der Waals surface area contributed by atoms with E-state index in [1.54, 1.807) is 4.72 Å². The number of methoxy groups -OCH3 is 1. The average molecular weight is 212 g/mol. The number of carbonyl (C=O) groups excluding carboxylic acids is 1. The van der Waals surface area contributed by atoms with Crippen molar-refractivity contribution in [3.05, 3.63) is 0 Å². The number of carbonyl (C=O) groups is 1. The van der Waals surface area contributed by atoms with E-state index in [0.29, 0.717) is 0 Å². The van der Waals surface area contributed by atoms with Crippen LogP contribution in [0.5, 0.6) is 0 Å². The van der Waals surface area contributed by atoms with Crippen molar-refractivity contribution >= 4 is 16.3 Å². The number of aliphatic hydroxyl groups is 1. The fraction of sp³-hybridized carbons (Fsp3) is 0.800. The van der Waals surface area contributed by atoms with Crippen molar-refractivity contribution in [2.24, 2.45) is 0 Å². The van der Waals surface area contributed by atoms with Crippen LogP contribution >= 0.6 is 0 Å². The third kappa shape index (κ3) is 6.31. The maximum atomic E-state index is 10.9. The lowest BCUT2D eigenvalue weighted by Gasteiger charge is -2.08. The second-order valence-corrected chi connectivity index (χ2v) is 3.79. The lowest BCUT2D eigenvalue weighted by Crippen LogP contribution is -2.42. The summed E-state index contributed by atoms with van der Waals surface area (Å²) in [5.74, 6) is 0. The highest BCUT2D eigenvalue weighted by Gasteiger charge is 2.14. The van der Waals surface area contributed by atoms with Gasteiger partial charge in [-0.1, -0.05) is 0 Å². The topological polar surface area (TPSA) is 105 Å². The molecule has 0 aliphatic rings. The zero-order valence-corrected chi connectivity index (χ0v) is 8.09. The number of aliphatic hydroxyl groups excluding tert-OH is 1. The average Bonchev–Trinajstić information content (AvgIpc) is 2.00. The van der Waals surface area contributed by atoms with E-state index in [1.807, 2.05) is 4.72 Å². The van der Waals surface area contributed by atoms with E-state index in [4.69, 9.17) is 5.11 Å². The Kier molecular flexibility index (Phi) is 4.67. The van der Waals surface area contributed by atoms with Crippen molar-refractivity contribution in [1.82, 2.24) is 9.44 Å². The molecule has 0 aliphatic heterocycles. The van der Waals surface area contributed by atoms with Crippen molar-refractivity contribution < 1.29 is 23.1 Å². The molecule has 0 aliphatic carbocycles. The first-order chi connectivity index (χ1) is 5.87. The maximum Gasteiger partial charge on any atom is 0.421 e. The largest absolute Gasteiger partial charge is 0.452 e. The molecule has 0 spiro atoms. The van der Waals surface area contributed by atoms with Crippen LogP contribution in [0.2, 0.25) is 0 Å². The van der Waals surface area contributed by atoms with Crippen molar-refractivity contribution in [2.45, 2.75) is 13.0 Å². The molecule has 8 heteroatoms. The first-order valence-corrected chi connectivity index (χ1v) is 4.89. The third-order valence-electron chi connectivity index (χ3n) is 0.972. The molecule has 1 atom stereocenters. The second kappa shape index (κ2) is 5.00. The summed E-state index contributed by atoms with van der Waals surface area (Å²) in [4.78, 5) is 10.5. The van der Waals surface area contributed by atoms with Crippen molar-refractivity contribution in [2.75, 3.05) is 13.7 Å². The van der Waals surface area contributed by atoms with Gasteiger partial charge in [-0.25, -0.2) is 9.52 Å². The van der Waals surface area contributed by atoms with Gasteiger partial charge in [-0.15, -0.1) is 0 Å². The molecule has 7 nitrogen and oxygen atoms in total. The number of rotatable bonds is 4. The van der Waals surface area contributed by atoms with E-state index in [9.17, 15) is 13.2 Å². The summed E-state index contributed by atoms with van der Waals surface area (Å²) < 4.78 is 29.3. The van der Waals surface area contributed by atoms with Gasteiger partial charge < -0.3 is 9.84 Å². The molecule has 0 saturated carbocycles. The molecule has 13 heavy (non-hydrogen) atoms. The number of nitrogens with one attached hydrogen (secondary N) is 2. The van der Waals surface area contributed by atoms with E-state index in [2.05, 4.69) is 4.74 Å². The van der Waals surface area contributed by atoms with Gasteiger partial charge in [-0.3, -0.25) is 0 Å². The molecule has 0 fully saturated rings. The molecule has 0 aromatic carbocycles. The van der Waals surface area contributed by atoms with Gasteiger partial charge in [-0.2, -0.15) is 13.1 Å². The van der Waals surface area contributed by atoms with Gasteiger partial charge in [0.25, 0.3) is 0 Å². The van der Waals surface area contributed by atoms with Crippen LogP contribution in [0.15, 0.2) is 0 Å². The van der Waals surface area contributed by atoms with Crippen LogP contribution in [0.3, 0.4) is 0 Å². The summed E-state index contributed by atoms with van der Waals surface area (Å²) >= 11 is 0. The van der Waals surface area contributed by atoms with Crippen LogP contribution in [-0.4, -0.2) is 39.4 Å². The fourth-order valence-electron chi connectivity index (χ4n) is 0.418. The van der Waals surface area contributed by atoms with E-state index >= 15 is 0 Å². The van der Waals surface area contributed by atoms with Gasteiger partial charge in [-0.05, 0) is 6.92 Å². The lowest BCUT2D eigenvalue weighted by molar-refractivity contribution is 0.177. The van der Waals surface area contributed by atoms with Gasteiger partial charge in [0.1, 0.15) is 0 Å². The van der Waals surface area contributed by atoms with Crippen LogP contribution in [0.25, 0.3) is 0 Å². The fourth-order valence-corrected chi connectivity index (χ4v) is 1.25. The number of ether oxygens (including phenoxy) is 1. The van der Waals surface area contributed by atoms with E-state index in [1.165, 1.54) is 6.92 Å². The van der Waals surface area contributed by atoms with Crippen molar-refractivity contribution in [3.8, 4) is 0 Å². The maximum absolute atomic E-state index is 10.9. The van der Waals surface area contributed by atoms with E-state index in [-0.39, 0.29) is 6.54 Å². The summed E-state index contributed by atoms with van der Waals surface area (Å²) in [6, 6.07) is 0. The zero-order valence-electron chi connectivity index (χ0n) is 7.27. The van der Waals surface area contributed by atoms with Crippen molar-refractivity contribution in [1.29, 1.82) is 0 Å². The molecule has 1 amide bonds. The first-order valence-electron chi connectivity index (χ1n) is 3.41. The zero-order chi connectivity index (χ0) is 10.5. The minimum atomic E-state index is -3.92. The Balaban J connectivity index is 4.02. The lowest BCUT2D eigenvalue weighted by atomic mass is 10.4. The normalized spacial score (nSPS) is 13.5. The molecule has 0 saturated heterocycles. The highest BCUT2D eigenvalue weighted by atomic mass is 32.2. The SMILES string of the molecule is COC(=O)NS(=O)(=O)NC[C@@H](C)O. The van der Waals surface area contributed by atoms with Gasteiger partial charge in [0.15, 0.2) is 0 Å². The van der Waals surface area contributed by atoms with Crippen LogP contribution in [0.1, 0.15) is 6.92 Å². The Hall–Kier alpha value is -0.860. The Morgan fingerprint density at radius 2 is 2.15 bits per heavy atom. The first kappa shape index (κ1) is 12.1. The Labute approximate surface area is 76.3 Å². The summed E-state index contributed by atoms with van der Waals surface area (Å²) in [5.41, 5.74) is 0. The van der Waals surface area contributed by atoms with Crippen LogP contribution in [0, 0.1) is 0 Å². The van der Waals surface area contributed by atoms with Crippen LogP contribution in [-0.2, 0) is 14.9 Å². The molecular weight excluding hydrogens is 200 g/mol. The Morgan fingerprint density at radius 3 is 2.54 bits per heavy atom. The molecule has 0 unspecified atom stereocenters. The quantitative estimate of drug-likeness (QED) is 0.529. The smallest absolute Gasteiger partial charge is 0.421 e. The van der Waals surface area contributed by atoms with Crippen molar-refractivity contribution in [3.63, 3.8) is 0 Å². The van der Waals surface area contributed by atoms with E-state index < -0.39 is 22.4 Å². The molecule has 3 N–H and O–H groups in total.